The highest BCUT2D eigenvalue weighted by atomic mass is 32.2. The number of fused-ring (bicyclic) bond motifs is 2. The summed E-state index contributed by atoms with van der Waals surface area (Å²) in [4.78, 5) is 12.1. The Morgan fingerprint density at radius 2 is 1.36 bits per heavy atom. The van der Waals surface area contributed by atoms with Crippen molar-refractivity contribution < 1.29 is 94.4 Å². The first kappa shape index (κ1) is 55.8. The molecule has 1 aromatic heterocycles. The van der Waals surface area contributed by atoms with Gasteiger partial charge < -0.3 is 30.1 Å². The summed E-state index contributed by atoms with van der Waals surface area (Å²) in [6.45, 7) is 1.01. The third-order valence-electron chi connectivity index (χ3n) is 9.57. The van der Waals surface area contributed by atoms with Gasteiger partial charge in [0.2, 0.25) is 11.0 Å². The zero-order valence-electron chi connectivity index (χ0n) is 36.9. The molecule has 1 heterocycles. The number of aromatic hydroxyl groups is 1. The molecular weight excluding hydrogens is 1110 g/mol. The lowest BCUT2D eigenvalue weighted by Crippen LogP contribution is -2.17. The summed E-state index contributed by atoms with van der Waals surface area (Å²) in [6, 6.07) is 10.8. The number of hydrogen-bond donors (Lipinski definition) is 10. The smallest absolute Gasteiger partial charge is 0.356 e. The second kappa shape index (κ2) is 21.1. The summed E-state index contributed by atoms with van der Waals surface area (Å²) in [6.07, 6.45) is -0.310. The van der Waals surface area contributed by atoms with Crippen LogP contribution in [0.25, 0.3) is 21.0 Å². The minimum atomic E-state index is -5.61. The van der Waals surface area contributed by atoms with Crippen LogP contribution in [0.1, 0.15) is 12.0 Å². The molecule has 30 nitrogen and oxygen atoms in total. The molecule has 5 aromatic carbocycles. The van der Waals surface area contributed by atoms with E-state index in [9.17, 15) is 85.0 Å². The number of phenolic OH excluding ortho intramolecular Hbond substituents is 1. The minimum Gasteiger partial charge on any atom is -0.505 e. The minimum absolute atomic E-state index is 0.000361. The predicted octanol–water partition coefficient (Wildman–Crippen LogP) is 6.97. The largest absolute Gasteiger partial charge is 0.505 e. The van der Waals surface area contributed by atoms with Crippen LogP contribution >= 0.6 is 11.3 Å². The summed E-state index contributed by atoms with van der Waals surface area (Å²) >= 11 is 0.707. The molecule has 0 aliphatic heterocycles. The van der Waals surface area contributed by atoms with Crippen LogP contribution in [0, 0.1) is 12.3 Å². The van der Waals surface area contributed by atoms with Crippen LogP contribution in [-0.4, -0.2) is 116 Å². The van der Waals surface area contributed by atoms with E-state index in [2.05, 4.69) is 41.0 Å². The van der Waals surface area contributed by atoms with E-state index in [-0.39, 0.29) is 55.9 Å². The number of benzene rings is 5. The second-order valence-electron chi connectivity index (χ2n) is 14.6. The van der Waals surface area contributed by atoms with Gasteiger partial charge in [0, 0.05) is 22.5 Å². The number of rotatable bonds is 20. The van der Waals surface area contributed by atoms with Crippen molar-refractivity contribution >= 4 is 128 Å². The van der Waals surface area contributed by atoms with Gasteiger partial charge in [0.15, 0.2) is 22.1 Å². The molecule has 0 spiro atoms. The second-order valence-corrected chi connectivity index (χ2v) is 22.7. The van der Waals surface area contributed by atoms with Gasteiger partial charge in [-0.15, -0.1) is 30.7 Å². The van der Waals surface area contributed by atoms with Gasteiger partial charge in [0.1, 0.15) is 38.4 Å². The first-order valence-corrected chi connectivity index (χ1v) is 27.8. The zero-order valence-corrected chi connectivity index (χ0v) is 41.8. The summed E-state index contributed by atoms with van der Waals surface area (Å²) < 4.78 is 181. The standard InChI is InChI=1S/C38H33N9O21S6/c1-17-14-25(27(68-12-3-13-70(52,53)54)16-24(17)43-47-38-41-22-10-11-26(67-2)35(33(22)69-38)74(64,65)66)44-45-30-28(72(58,59)60)15-21-20(32(30)48)8-9-23(34(21)73(61,62)63)42-46-31(29(39)37(50)51)36(49)40-18-4-6-19(7-5-18)71(55,56)57/h4-11,14-16,39-40,48-49H,3,12-13H2,1-2H3,(H,50,51)(H,52,53,54)(H,55,56,57)(H,58,59,60)(H,61,62,63)(H,64,65,66)/b36-31-,39-29?,45-44?,46-42?,47-43?. The molecule has 0 unspecified atom stereocenters. The van der Waals surface area contributed by atoms with E-state index in [1.807, 2.05) is 0 Å². The SMILES string of the molecule is COc1ccc2nc(N=Nc3cc(OCCCS(=O)(=O)O)c(N=Nc4c(S(=O)(=O)O)cc5c(S(=O)(=O)O)c(N=N/C(C(=N)C(=O)O)=C(\O)Nc6ccc(S(=O)(=O)O)cc6)ccc5c4O)cc3C)sc2c1S(=O)(=O)O. The third kappa shape index (κ3) is 13.0. The van der Waals surface area contributed by atoms with Crippen molar-refractivity contribution in [2.45, 2.75) is 32.9 Å². The van der Waals surface area contributed by atoms with Crippen molar-refractivity contribution in [1.29, 1.82) is 5.41 Å². The number of anilines is 1. The van der Waals surface area contributed by atoms with Crippen molar-refractivity contribution in [1.82, 2.24) is 4.98 Å². The topological polar surface area (TPSA) is 491 Å². The summed E-state index contributed by atoms with van der Waals surface area (Å²) in [5.41, 5.74) is -4.89. The first-order valence-electron chi connectivity index (χ1n) is 19.6. The van der Waals surface area contributed by atoms with Crippen LogP contribution in [0.5, 0.6) is 17.2 Å². The molecule has 74 heavy (non-hydrogen) atoms. The Balaban J connectivity index is 1.45. The highest BCUT2D eigenvalue weighted by molar-refractivity contribution is 7.87. The Labute approximate surface area is 420 Å². The van der Waals surface area contributed by atoms with E-state index in [0.717, 1.165) is 36.4 Å². The number of thiazole rings is 1. The van der Waals surface area contributed by atoms with Crippen molar-refractivity contribution in [2.24, 2.45) is 30.7 Å². The molecule has 0 amide bonds. The number of azo groups is 3. The number of ether oxygens (including phenoxy) is 2. The highest BCUT2D eigenvalue weighted by Gasteiger charge is 2.29. The fourth-order valence-electron chi connectivity index (χ4n) is 6.33. The lowest BCUT2D eigenvalue weighted by molar-refractivity contribution is -0.129. The Morgan fingerprint density at radius 3 is 1.95 bits per heavy atom. The molecule has 0 bridgehead atoms. The van der Waals surface area contributed by atoms with Gasteiger partial charge in [0.05, 0.1) is 40.3 Å². The van der Waals surface area contributed by atoms with Crippen LogP contribution in [0.15, 0.2) is 129 Å². The third-order valence-corrected chi connectivity index (χ3v) is 15.1. The summed E-state index contributed by atoms with van der Waals surface area (Å²) in [7, 11) is -23.9. The van der Waals surface area contributed by atoms with Gasteiger partial charge in [0.25, 0.3) is 50.6 Å². The van der Waals surface area contributed by atoms with E-state index in [1.165, 1.54) is 38.3 Å². The van der Waals surface area contributed by atoms with Gasteiger partial charge in [-0.05, 0) is 79.6 Å². The monoisotopic (exact) mass is 1140 g/mol. The zero-order chi connectivity index (χ0) is 54.9. The number of aryl methyl sites for hydroxylation is 1. The van der Waals surface area contributed by atoms with Gasteiger partial charge in [-0.2, -0.15) is 42.1 Å². The number of aliphatic carboxylic acids is 1. The van der Waals surface area contributed by atoms with Crippen LogP contribution in [0.3, 0.4) is 0 Å². The number of nitrogens with zero attached hydrogens (tertiary/aromatic N) is 7. The van der Waals surface area contributed by atoms with E-state index in [4.69, 9.17) is 14.9 Å². The maximum absolute atomic E-state index is 12.9. The number of hydrogen-bond acceptors (Lipinski definition) is 25. The first-order chi connectivity index (χ1) is 34.3. The van der Waals surface area contributed by atoms with Crippen molar-refractivity contribution in [2.75, 3.05) is 24.8 Å². The maximum Gasteiger partial charge on any atom is 0.356 e. The lowest BCUT2D eigenvalue weighted by Gasteiger charge is -2.13. The Kier molecular flexibility index (Phi) is 15.9. The maximum atomic E-state index is 12.9. The number of aliphatic hydroxyl groups excluding tert-OH is 1. The quantitative estimate of drug-likeness (QED) is 0.0121. The Morgan fingerprint density at radius 1 is 0.716 bits per heavy atom. The van der Waals surface area contributed by atoms with Crippen molar-refractivity contribution in [3.05, 3.63) is 83.9 Å². The van der Waals surface area contributed by atoms with E-state index < -0.39 is 134 Å². The molecule has 6 rings (SSSR count). The van der Waals surface area contributed by atoms with Gasteiger partial charge in [-0.3, -0.25) is 28.2 Å². The van der Waals surface area contributed by atoms with Crippen LogP contribution < -0.4 is 14.8 Å². The average molecular weight is 1140 g/mol. The molecule has 0 fully saturated rings. The van der Waals surface area contributed by atoms with Crippen LogP contribution in [0.4, 0.5) is 33.6 Å². The highest BCUT2D eigenvalue weighted by Crippen LogP contribution is 2.47. The van der Waals surface area contributed by atoms with Crippen molar-refractivity contribution in [3.8, 4) is 17.2 Å². The summed E-state index contributed by atoms with van der Waals surface area (Å²) in [5, 5.41) is 63.1. The molecule has 392 valence electrons. The molecule has 10 N–H and O–H groups in total. The molecule has 6 aromatic rings. The number of carboxylic acids is 1. The Bertz CT molecular complexity index is 4030. The molecule has 36 heteroatoms. The number of aromatic nitrogens is 1. The molecule has 0 radical (unpaired) electrons. The summed E-state index contributed by atoms with van der Waals surface area (Å²) in [5.74, 6) is -5.73. The van der Waals surface area contributed by atoms with E-state index >= 15 is 0 Å². The normalized spacial score (nSPS) is 13.3. The van der Waals surface area contributed by atoms with Gasteiger partial charge in [-0.25, -0.2) is 9.78 Å². The molecule has 0 aliphatic rings. The number of carbonyl (C=O) groups is 1. The van der Waals surface area contributed by atoms with Crippen molar-refractivity contribution in [3.63, 3.8) is 0 Å². The fourth-order valence-corrected chi connectivity index (χ4v) is 10.8. The number of carboxylic acid groups (broad SMARTS) is 1. The molecule has 0 atom stereocenters. The number of aliphatic hydroxyl groups is 1. The number of nitrogens with one attached hydrogen (secondary N) is 2. The lowest BCUT2D eigenvalue weighted by atomic mass is 10.1. The van der Waals surface area contributed by atoms with E-state index in [1.54, 1.807) is 0 Å². The molecule has 0 saturated carbocycles. The number of methoxy groups -OCH3 is 1. The molecule has 0 aliphatic carbocycles. The van der Waals surface area contributed by atoms with Gasteiger partial charge in [-0.1, -0.05) is 11.3 Å². The molecular formula is C38H33N9O21S6. The molecule has 0 saturated heterocycles. The van der Waals surface area contributed by atoms with E-state index in [0.29, 0.717) is 17.4 Å². The predicted molar refractivity (Wildman–Crippen MR) is 257 cm³/mol. The Hall–Kier alpha value is -7.52. The fraction of sp³-hybridized carbons (Fsp3) is 0.132. The van der Waals surface area contributed by atoms with Crippen LogP contribution in [0.2, 0.25) is 0 Å². The average Bonchev–Trinajstić information content (AvgIpc) is 3.70. The number of phenols is 1. The van der Waals surface area contributed by atoms with Gasteiger partial charge >= 0.3 is 5.97 Å². The van der Waals surface area contributed by atoms with Crippen LogP contribution in [-0.2, 0) is 55.4 Å².